The van der Waals surface area contributed by atoms with Crippen molar-refractivity contribution >= 4 is 28.4 Å². The number of para-hydroxylation sites is 1. The van der Waals surface area contributed by atoms with Gasteiger partial charge in [-0.25, -0.2) is 14.8 Å². The quantitative estimate of drug-likeness (QED) is 0.648. The summed E-state index contributed by atoms with van der Waals surface area (Å²) in [5.41, 5.74) is 2.30. The van der Waals surface area contributed by atoms with E-state index in [1.54, 1.807) is 12.4 Å². The molecule has 7 heteroatoms. The molecule has 2 aromatic heterocycles. The largest absolute Gasteiger partial charge is 0.462 e. The molecule has 0 atom stereocenters. The lowest BCUT2D eigenvalue weighted by Gasteiger charge is -2.37. The van der Waals surface area contributed by atoms with E-state index in [4.69, 9.17) is 4.74 Å². The van der Waals surface area contributed by atoms with Crippen molar-refractivity contribution in [1.29, 1.82) is 0 Å². The summed E-state index contributed by atoms with van der Waals surface area (Å²) in [5, 5.41) is 0.972. The van der Waals surface area contributed by atoms with Crippen molar-refractivity contribution in [2.24, 2.45) is 0 Å². The maximum atomic E-state index is 12.6. The van der Waals surface area contributed by atoms with Crippen LogP contribution >= 0.6 is 0 Å². The molecule has 1 aromatic carbocycles. The van der Waals surface area contributed by atoms with Gasteiger partial charge in [-0.2, -0.15) is 0 Å². The number of esters is 1. The van der Waals surface area contributed by atoms with Gasteiger partial charge in [-0.1, -0.05) is 18.2 Å². The molecule has 0 saturated carbocycles. The Morgan fingerprint density at radius 1 is 1.07 bits per heavy atom. The number of hydrogen-bond donors (Lipinski definition) is 0. The Labute approximate surface area is 164 Å². The number of carbonyl (C=O) groups excluding carboxylic acids is 1. The van der Waals surface area contributed by atoms with Crippen molar-refractivity contribution in [3.05, 3.63) is 54.1 Å². The second kappa shape index (κ2) is 7.80. The molecule has 1 fully saturated rings. The number of benzene rings is 1. The minimum Gasteiger partial charge on any atom is -0.462 e. The van der Waals surface area contributed by atoms with Crippen molar-refractivity contribution in [2.75, 3.05) is 42.6 Å². The molecule has 144 valence electrons. The molecule has 0 spiro atoms. The van der Waals surface area contributed by atoms with Crippen LogP contribution in [0.4, 0.5) is 11.5 Å². The number of piperazine rings is 1. The zero-order chi connectivity index (χ0) is 19.5. The van der Waals surface area contributed by atoms with Gasteiger partial charge in [0, 0.05) is 44.0 Å². The molecule has 0 radical (unpaired) electrons. The van der Waals surface area contributed by atoms with Crippen LogP contribution in [0.3, 0.4) is 0 Å². The number of hydrogen-bond acceptors (Lipinski definition) is 7. The van der Waals surface area contributed by atoms with Gasteiger partial charge in [0.25, 0.3) is 0 Å². The van der Waals surface area contributed by atoms with Crippen LogP contribution in [-0.2, 0) is 4.74 Å². The highest BCUT2D eigenvalue weighted by atomic mass is 16.5. The van der Waals surface area contributed by atoms with Crippen LogP contribution < -0.4 is 9.80 Å². The third-order valence-corrected chi connectivity index (χ3v) is 4.92. The summed E-state index contributed by atoms with van der Waals surface area (Å²) in [6, 6.07) is 9.85. The van der Waals surface area contributed by atoms with Crippen LogP contribution in [0.25, 0.3) is 10.9 Å². The monoisotopic (exact) mass is 377 g/mol. The molecule has 0 bridgehead atoms. The van der Waals surface area contributed by atoms with Crippen molar-refractivity contribution in [3.63, 3.8) is 0 Å². The van der Waals surface area contributed by atoms with Gasteiger partial charge in [-0.3, -0.25) is 4.98 Å². The van der Waals surface area contributed by atoms with E-state index in [-0.39, 0.29) is 5.97 Å². The van der Waals surface area contributed by atoms with Gasteiger partial charge in [-0.05, 0) is 26.0 Å². The van der Waals surface area contributed by atoms with Gasteiger partial charge in [0.1, 0.15) is 17.2 Å². The van der Waals surface area contributed by atoms with E-state index in [2.05, 4.69) is 24.8 Å². The third-order valence-electron chi connectivity index (χ3n) is 4.92. The van der Waals surface area contributed by atoms with Gasteiger partial charge in [0.15, 0.2) is 0 Å². The lowest BCUT2D eigenvalue weighted by molar-refractivity contribution is 0.0527. The number of carbonyl (C=O) groups is 1. The lowest BCUT2D eigenvalue weighted by Crippen LogP contribution is -2.47. The van der Waals surface area contributed by atoms with E-state index in [0.717, 1.165) is 54.4 Å². The van der Waals surface area contributed by atoms with E-state index in [1.807, 2.05) is 44.2 Å². The molecule has 1 aliphatic heterocycles. The Balaban J connectivity index is 1.65. The number of fused-ring (bicyclic) bond motifs is 1. The smallest absolute Gasteiger partial charge is 0.341 e. The average Bonchev–Trinajstić information content (AvgIpc) is 2.73. The zero-order valence-electron chi connectivity index (χ0n) is 16.1. The topological polar surface area (TPSA) is 71.5 Å². The minimum atomic E-state index is -0.329. The van der Waals surface area contributed by atoms with E-state index in [1.165, 1.54) is 0 Å². The molecule has 0 unspecified atom stereocenters. The van der Waals surface area contributed by atoms with Crippen LogP contribution in [-0.4, -0.2) is 53.7 Å². The third kappa shape index (κ3) is 3.47. The number of nitrogens with zero attached hydrogens (tertiary/aromatic N) is 5. The Morgan fingerprint density at radius 2 is 1.82 bits per heavy atom. The van der Waals surface area contributed by atoms with E-state index in [0.29, 0.717) is 12.2 Å². The number of aryl methyl sites for hydroxylation is 1. The predicted molar refractivity (Wildman–Crippen MR) is 109 cm³/mol. The highest BCUT2D eigenvalue weighted by molar-refractivity contribution is 6.05. The lowest BCUT2D eigenvalue weighted by atomic mass is 10.1. The van der Waals surface area contributed by atoms with Crippen LogP contribution in [0.5, 0.6) is 0 Å². The maximum Gasteiger partial charge on any atom is 0.341 e. The highest BCUT2D eigenvalue weighted by Crippen LogP contribution is 2.31. The second-order valence-electron chi connectivity index (χ2n) is 6.69. The molecule has 28 heavy (non-hydrogen) atoms. The summed E-state index contributed by atoms with van der Waals surface area (Å²) in [6.45, 7) is 7.24. The fourth-order valence-electron chi connectivity index (χ4n) is 3.60. The first-order chi connectivity index (χ1) is 13.7. The molecule has 1 saturated heterocycles. The van der Waals surface area contributed by atoms with Crippen molar-refractivity contribution in [1.82, 2.24) is 15.0 Å². The number of rotatable bonds is 4. The fraction of sp³-hybridized carbons (Fsp3) is 0.333. The standard InChI is InChI=1S/C21H23N5O2/c1-3-28-21(27)17-14-23-18-7-5-4-6-16(18)20(17)26-12-10-25(11-13-26)19-8-9-22-15(2)24-19/h4-9,14H,3,10-13H2,1-2H3. The molecule has 4 rings (SSSR count). The predicted octanol–water partition coefficient (Wildman–Crippen LogP) is 2.84. The van der Waals surface area contributed by atoms with Gasteiger partial charge >= 0.3 is 5.97 Å². The summed E-state index contributed by atoms with van der Waals surface area (Å²) in [4.78, 5) is 30.2. The SMILES string of the molecule is CCOC(=O)c1cnc2ccccc2c1N1CCN(c2ccnc(C)n2)CC1. The maximum absolute atomic E-state index is 12.6. The molecule has 1 aliphatic rings. The molecule has 0 N–H and O–H groups in total. The Hall–Kier alpha value is -3.22. The summed E-state index contributed by atoms with van der Waals surface area (Å²) in [6.07, 6.45) is 3.43. The van der Waals surface area contributed by atoms with Crippen molar-refractivity contribution < 1.29 is 9.53 Å². The van der Waals surface area contributed by atoms with Crippen LogP contribution in [0.15, 0.2) is 42.7 Å². The molecule has 7 nitrogen and oxygen atoms in total. The molecule has 0 aliphatic carbocycles. The number of aromatic nitrogens is 3. The molecule has 3 aromatic rings. The zero-order valence-corrected chi connectivity index (χ0v) is 16.1. The number of anilines is 2. The first-order valence-electron chi connectivity index (χ1n) is 9.52. The summed E-state index contributed by atoms with van der Waals surface area (Å²) in [5.74, 6) is 1.38. The second-order valence-corrected chi connectivity index (χ2v) is 6.69. The van der Waals surface area contributed by atoms with Crippen LogP contribution in [0, 0.1) is 6.92 Å². The van der Waals surface area contributed by atoms with Crippen molar-refractivity contribution in [3.8, 4) is 0 Å². The summed E-state index contributed by atoms with van der Waals surface area (Å²) < 4.78 is 5.28. The van der Waals surface area contributed by atoms with Gasteiger partial charge in [-0.15, -0.1) is 0 Å². The first-order valence-corrected chi connectivity index (χ1v) is 9.52. The Bertz CT molecular complexity index is 999. The van der Waals surface area contributed by atoms with E-state index in [9.17, 15) is 4.79 Å². The molecule has 0 amide bonds. The van der Waals surface area contributed by atoms with Gasteiger partial charge in [0.05, 0.1) is 17.8 Å². The Morgan fingerprint density at radius 3 is 2.57 bits per heavy atom. The highest BCUT2D eigenvalue weighted by Gasteiger charge is 2.25. The van der Waals surface area contributed by atoms with Crippen molar-refractivity contribution in [2.45, 2.75) is 13.8 Å². The van der Waals surface area contributed by atoms with E-state index >= 15 is 0 Å². The van der Waals surface area contributed by atoms with E-state index < -0.39 is 0 Å². The minimum absolute atomic E-state index is 0.329. The molecular weight excluding hydrogens is 354 g/mol. The Kier molecular flexibility index (Phi) is 5.06. The molecular formula is C21H23N5O2. The fourth-order valence-corrected chi connectivity index (χ4v) is 3.60. The number of pyridine rings is 1. The first kappa shape index (κ1) is 18.2. The van der Waals surface area contributed by atoms with Crippen LogP contribution in [0.2, 0.25) is 0 Å². The molecule has 3 heterocycles. The summed E-state index contributed by atoms with van der Waals surface area (Å²) >= 11 is 0. The van der Waals surface area contributed by atoms with Crippen LogP contribution in [0.1, 0.15) is 23.1 Å². The number of ether oxygens (including phenoxy) is 1. The average molecular weight is 377 g/mol. The van der Waals surface area contributed by atoms with Gasteiger partial charge < -0.3 is 14.5 Å². The normalized spacial score (nSPS) is 14.4. The summed E-state index contributed by atoms with van der Waals surface area (Å²) in [7, 11) is 0. The van der Waals surface area contributed by atoms with Gasteiger partial charge in [0.2, 0.25) is 0 Å².